The van der Waals surface area contributed by atoms with Crippen LogP contribution < -0.4 is 16.1 Å². The number of hydrogen-bond donors (Lipinski definition) is 5. The lowest BCUT2D eigenvalue weighted by molar-refractivity contribution is -0.116. The lowest BCUT2D eigenvalue weighted by Gasteiger charge is -2.27. The topological polar surface area (TPSA) is 157 Å². The van der Waals surface area contributed by atoms with Gasteiger partial charge in [-0.15, -0.1) is 11.3 Å². The number of aryl methyl sites for hydroxylation is 1. The van der Waals surface area contributed by atoms with Crippen molar-refractivity contribution in [3.05, 3.63) is 59.7 Å². The van der Waals surface area contributed by atoms with E-state index in [2.05, 4.69) is 36.2 Å². The number of carbonyl (C=O) groups excluding carboxylic acids is 3. The van der Waals surface area contributed by atoms with Crippen molar-refractivity contribution in [1.29, 1.82) is 0 Å². The van der Waals surface area contributed by atoms with Crippen LogP contribution in [0.3, 0.4) is 0 Å². The van der Waals surface area contributed by atoms with Gasteiger partial charge in [0.2, 0.25) is 5.91 Å². The number of morpholine rings is 1. The van der Waals surface area contributed by atoms with Crippen LogP contribution in [0.2, 0.25) is 0 Å². The number of aromatic amines is 2. The maximum absolute atomic E-state index is 13.6. The first-order chi connectivity index (χ1) is 19.1. The van der Waals surface area contributed by atoms with E-state index in [1.165, 1.54) is 11.3 Å². The summed E-state index contributed by atoms with van der Waals surface area (Å²) in [6.07, 6.45) is 5.21. The highest BCUT2D eigenvalue weighted by molar-refractivity contribution is 7.19. The number of urea groups is 1. The molecule has 1 aliphatic heterocycles. The van der Waals surface area contributed by atoms with Crippen molar-refractivity contribution < 1.29 is 19.1 Å². The number of imidazole rings is 1. The summed E-state index contributed by atoms with van der Waals surface area (Å²) >= 11 is 1.36. The van der Waals surface area contributed by atoms with E-state index in [9.17, 15) is 14.4 Å². The molecule has 200 valence electrons. The summed E-state index contributed by atoms with van der Waals surface area (Å²) in [5, 5.41) is 15.6. The Labute approximate surface area is 227 Å². The first-order valence-electron chi connectivity index (χ1n) is 12.6. The minimum Gasteiger partial charge on any atom is -0.379 e. The Hall–Kier alpha value is -4.33. The standard InChI is InChI=1S/C26H26N8O4S/c35-19(6-2-5-18-27-9-10-28-18)30-20-8-7-17(39-20)24-22-23(31-32-24)15-3-1-4-16(21(15)25(22)36)29-26(37)33-34-11-13-38-14-12-34/h1,3-4,7-10H,2,5-6,11-14H2,(H,27,28)(H,30,35)(H,31,32)(H2,29,33,37). The average Bonchev–Trinajstić information content (AvgIpc) is 3.72. The fourth-order valence-corrected chi connectivity index (χ4v) is 5.64. The quantitative estimate of drug-likeness (QED) is 0.200. The molecule has 0 atom stereocenters. The van der Waals surface area contributed by atoms with E-state index in [4.69, 9.17) is 4.74 Å². The number of ketones is 1. The average molecular weight is 547 g/mol. The number of hydrazine groups is 1. The van der Waals surface area contributed by atoms with Crippen molar-refractivity contribution in [2.24, 2.45) is 0 Å². The molecular weight excluding hydrogens is 520 g/mol. The number of nitrogens with one attached hydrogen (secondary N) is 5. The Kier molecular flexibility index (Phi) is 6.92. The molecule has 5 N–H and O–H groups in total. The molecule has 0 radical (unpaired) electrons. The Morgan fingerprint density at radius 3 is 2.79 bits per heavy atom. The molecule has 3 amide bonds. The van der Waals surface area contributed by atoms with Crippen LogP contribution in [-0.2, 0) is 16.0 Å². The van der Waals surface area contributed by atoms with Gasteiger partial charge in [-0.25, -0.2) is 14.8 Å². The van der Waals surface area contributed by atoms with E-state index >= 15 is 0 Å². The molecule has 0 spiro atoms. The molecule has 12 nitrogen and oxygen atoms in total. The molecule has 1 aromatic carbocycles. The van der Waals surface area contributed by atoms with E-state index in [-0.39, 0.29) is 11.7 Å². The van der Waals surface area contributed by atoms with E-state index in [0.717, 1.165) is 10.7 Å². The third-order valence-electron chi connectivity index (χ3n) is 6.55. The van der Waals surface area contributed by atoms with Crippen LogP contribution >= 0.6 is 11.3 Å². The first-order valence-corrected chi connectivity index (χ1v) is 13.4. The van der Waals surface area contributed by atoms with Crippen molar-refractivity contribution in [3.63, 3.8) is 0 Å². The predicted octanol–water partition coefficient (Wildman–Crippen LogP) is 3.40. The summed E-state index contributed by atoms with van der Waals surface area (Å²) in [5.74, 6) is 0.554. The Morgan fingerprint density at radius 1 is 1.10 bits per heavy atom. The molecule has 39 heavy (non-hydrogen) atoms. The molecule has 0 saturated carbocycles. The van der Waals surface area contributed by atoms with E-state index in [0.29, 0.717) is 84.3 Å². The molecule has 13 heteroatoms. The SMILES string of the molecule is O=C(CCCc1ncc[nH]1)Nc1ccc(-c2[nH]nc3c2C(=O)c2c(NC(=O)NN4CCOCC4)cccc2-3)s1. The van der Waals surface area contributed by atoms with Gasteiger partial charge in [-0.05, 0) is 24.6 Å². The monoisotopic (exact) mass is 546 g/mol. The fraction of sp³-hybridized carbons (Fsp3) is 0.269. The third-order valence-corrected chi connectivity index (χ3v) is 7.56. The number of H-pyrrole nitrogens is 2. The van der Waals surface area contributed by atoms with Crippen LogP contribution in [0.15, 0.2) is 42.7 Å². The van der Waals surface area contributed by atoms with E-state index in [1.807, 2.05) is 18.2 Å². The number of fused-ring (bicyclic) bond motifs is 3. The molecule has 2 aliphatic rings. The Morgan fingerprint density at radius 2 is 1.97 bits per heavy atom. The zero-order valence-corrected chi connectivity index (χ0v) is 21.7. The van der Waals surface area contributed by atoms with Gasteiger partial charge in [0.05, 0.1) is 45.6 Å². The molecular formula is C26H26N8O4S. The van der Waals surface area contributed by atoms with Gasteiger partial charge >= 0.3 is 6.03 Å². The number of aromatic nitrogens is 4. The number of nitrogens with zero attached hydrogens (tertiary/aromatic N) is 3. The van der Waals surface area contributed by atoms with Crippen molar-refractivity contribution in [1.82, 2.24) is 30.6 Å². The Balaban J connectivity index is 1.14. The van der Waals surface area contributed by atoms with Crippen LogP contribution in [0.25, 0.3) is 21.8 Å². The number of benzene rings is 1. The molecule has 1 aliphatic carbocycles. The van der Waals surface area contributed by atoms with Crippen LogP contribution in [-0.4, -0.2) is 69.2 Å². The lowest BCUT2D eigenvalue weighted by atomic mass is 10.1. The smallest absolute Gasteiger partial charge is 0.333 e. The molecule has 0 unspecified atom stereocenters. The highest BCUT2D eigenvalue weighted by Crippen LogP contribution is 2.44. The number of ether oxygens (including phenoxy) is 1. The second kappa shape index (κ2) is 10.8. The molecule has 0 bridgehead atoms. The number of rotatable bonds is 8. The zero-order chi connectivity index (χ0) is 26.8. The van der Waals surface area contributed by atoms with E-state index in [1.54, 1.807) is 29.5 Å². The summed E-state index contributed by atoms with van der Waals surface area (Å²) in [4.78, 5) is 46.6. The normalized spacial score (nSPS) is 14.6. The summed E-state index contributed by atoms with van der Waals surface area (Å²) in [6, 6.07) is 8.54. The second-order valence-electron chi connectivity index (χ2n) is 9.15. The Bertz CT molecular complexity index is 1520. The minimum atomic E-state index is -0.424. The second-order valence-corrected chi connectivity index (χ2v) is 10.2. The molecule has 1 fully saturated rings. The highest BCUT2D eigenvalue weighted by Gasteiger charge is 2.35. The predicted molar refractivity (Wildman–Crippen MR) is 145 cm³/mol. The summed E-state index contributed by atoms with van der Waals surface area (Å²) in [6.45, 7) is 2.27. The van der Waals surface area contributed by atoms with Gasteiger partial charge in [-0.2, -0.15) is 5.10 Å². The fourth-order valence-electron chi connectivity index (χ4n) is 4.72. The van der Waals surface area contributed by atoms with E-state index < -0.39 is 6.03 Å². The van der Waals surface area contributed by atoms with Gasteiger partial charge < -0.3 is 20.4 Å². The number of amides is 3. The van der Waals surface area contributed by atoms with Gasteiger partial charge in [0.15, 0.2) is 5.78 Å². The summed E-state index contributed by atoms with van der Waals surface area (Å²) in [7, 11) is 0. The van der Waals surface area contributed by atoms with Gasteiger partial charge in [0, 0.05) is 43.9 Å². The van der Waals surface area contributed by atoms with Gasteiger partial charge in [0.1, 0.15) is 11.5 Å². The largest absolute Gasteiger partial charge is 0.379 e. The maximum atomic E-state index is 13.6. The number of hydrogen-bond acceptors (Lipinski definition) is 8. The van der Waals surface area contributed by atoms with Crippen LogP contribution in [0.4, 0.5) is 15.5 Å². The number of thiophene rings is 1. The first kappa shape index (κ1) is 25.0. The third kappa shape index (κ3) is 5.19. The maximum Gasteiger partial charge on any atom is 0.333 e. The van der Waals surface area contributed by atoms with Gasteiger partial charge in [0.25, 0.3) is 0 Å². The minimum absolute atomic E-state index is 0.0839. The highest BCUT2D eigenvalue weighted by atomic mass is 32.1. The molecule has 3 aromatic heterocycles. The summed E-state index contributed by atoms with van der Waals surface area (Å²) < 4.78 is 5.31. The molecule has 1 saturated heterocycles. The van der Waals surface area contributed by atoms with Crippen molar-refractivity contribution in [2.75, 3.05) is 36.9 Å². The molecule has 4 aromatic rings. The number of carbonyl (C=O) groups is 3. The van der Waals surface area contributed by atoms with Crippen LogP contribution in [0.1, 0.15) is 34.6 Å². The van der Waals surface area contributed by atoms with Crippen molar-refractivity contribution in [3.8, 4) is 21.8 Å². The summed E-state index contributed by atoms with van der Waals surface area (Å²) in [5.41, 5.74) is 5.85. The van der Waals surface area contributed by atoms with Gasteiger partial charge in [-0.3, -0.25) is 20.1 Å². The van der Waals surface area contributed by atoms with Crippen LogP contribution in [0, 0.1) is 0 Å². The zero-order valence-electron chi connectivity index (χ0n) is 20.9. The van der Waals surface area contributed by atoms with Gasteiger partial charge in [-0.1, -0.05) is 12.1 Å². The number of anilines is 2. The lowest BCUT2D eigenvalue weighted by Crippen LogP contribution is -2.49. The van der Waals surface area contributed by atoms with Crippen molar-refractivity contribution in [2.45, 2.75) is 19.3 Å². The van der Waals surface area contributed by atoms with Crippen molar-refractivity contribution >= 4 is 39.7 Å². The van der Waals surface area contributed by atoms with Crippen LogP contribution in [0.5, 0.6) is 0 Å². The molecule has 4 heterocycles. The molecule has 6 rings (SSSR count).